The molecular formula is H4KLiMnO3Si. The standard InChI is InChI=1S/K.Li.Mn.H2O3Si.2H/c;;;1-4(2)3;;/h;;;1-2H;;. The molecule has 35 valence electrons. The molecule has 1 radical (unpaired) electrons. The second-order valence-electron chi connectivity index (χ2n) is 0.283. The average Bonchev–Trinajstić information content (AvgIpc) is 0.811. The first-order valence-corrected chi connectivity index (χ1v) is 1.95. The molecule has 0 bridgehead atoms. The third-order valence-corrected chi connectivity index (χ3v) is 0. The zero-order valence-electron chi connectivity index (χ0n) is 2.18. The van der Waals surface area contributed by atoms with E-state index in [0.29, 0.717) is 0 Å². The van der Waals surface area contributed by atoms with Crippen molar-refractivity contribution in [1.82, 2.24) is 0 Å². The maximum atomic E-state index is 8.74. The molecule has 0 aromatic carbocycles. The fourth-order valence-electron chi connectivity index (χ4n) is 0. The molecule has 0 aromatic heterocycles. The van der Waals surface area contributed by atoms with Crippen LogP contribution in [0.25, 0.3) is 0 Å². The van der Waals surface area contributed by atoms with E-state index in [-0.39, 0.29) is 87.3 Å². The zero-order chi connectivity index (χ0) is 3.58. The monoisotopic (exact) mass is 181 g/mol. The molecule has 0 heterocycles. The van der Waals surface area contributed by atoms with Gasteiger partial charge in [0.2, 0.25) is 0 Å². The second-order valence-corrected chi connectivity index (χ2v) is 0.848. The van der Waals surface area contributed by atoms with E-state index in [1.54, 1.807) is 0 Å². The molecule has 0 fully saturated rings. The van der Waals surface area contributed by atoms with Crippen LogP contribution in [0, 0.1) is 0 Å². The normalized spacial score (nSPS) is 3.43. The van der Waals surface area contributed by atoms with Gasteiger partial charge in [-0.25, -0.2) is 0 Å². The van der Waals surface area contributed by atoms with Gasteiger partial charge in [0.15, 0.2) is 0 Å². The molecule has 0 saturated carbocycles. The summed E-state index contributed by atoms with van der Waals surface area (Å²) in [5, 5.41) is 0. The van der Waals surface area contributed by atoms with Crippen molar-refractivity contribution in [2.45, 2.75) is 0 Å². The van der Waals surface area contributed by atoms with Crippen molar-refractivity contribution in [3.63, 3.8) is 0 Å². The summed E-state index contributed by atoms with van der Waals surface area (Å²) in [7, 11) is -3.13. The van der Waals surface area contributed by atoms with Crippen LogP contribution in [0.15, 0.2) is 0 Å². The van der Waals surface area contributed by atoms with E-state index >= 15 is 0 Å². The predicted molar refractivity (Wildman–Crippen MR) is 25.2 cm³/mol. The van der Waals surface area contributed by atoms with Crippen LogP contribution in [0.4, 0.5) is 0 Å². The smallest absolute Gasteiger partial charge is 0 e. The van der Waals surface area contributed by atoms with Gasteiger partial charge in [-0.05, 0) is 0 Å². The van der Waals surface area contributed by atoms with E-state index in [0.717, 1.165) is 0 Å². The van der Waals surface area contributed by atoms with E-state index < -0.39 is 9.17 Å². The van der Waals surface area contributed by atoms with Crippen molar-refractivity contribution in [3.05, 3.63) is 0 Å². The first-order valence-electron chi connectivity index (χ1n) is 0.651. The van der Waals surface area contributed by atoms with Crippen LogP contribution in [-0.2, 0) is 21.5 Å². The molecule has 0 atom stereocenters. The SMILES string of the molecule is O=[Si](O)O.[KH].[LiH].[Mn]. The Balaban J connectivity index is -0.0000000150. The molecule has 0 unspecified atom stereocenters. The Morgan fingerprint density at radius 3 is 1.29 bits per heavy atom. The Morgan fingerprint density at radius 2 is 1.29 bits per heavy atom. The van der Waals surface area contributed by atoms with Gasteiger partial charge in [0.25, 0.3) is 0 Å². The Kier molecular flexibility index (Phi) is 51.3. The summed E-state index contributed by atoms with van der Waals surface area (Å²) in [4.78, 5) is 14.3. The Hall–Kier alpha value is 2.37. The first kappa shape index (κ1) is 22.8. The molecule has 0 aliphatic carbocycles. The Bertz CT molecular complexity index is 37.9. The van der Waals surface area contributed by atoms with Crippen molar-refractivity contribution >= 4 is 79.4 Å². The van der Waals surface area contributed by atoms with E-state index in [1.807, 2.05) is 0 Å². The van der Waals surface area contributed by atoms with Gasteiger partial charge in [0, 0.05) is 17.1 Å². The topological polar surface area (TPSA) is 57.5 Å². The summed E-state index contributed by atoms with van der Waals surface area (Å²) in [6.07, 6.45) is 0. The minimum atomic E-state index is -3.13. The number of hydrogen-bond donors (Lipinski definition) is 2. The van der Waals surface area contributed by atoms with Crippen molar-refractivity contribution in [3.8, 4) is 0 Å². The molecule has 0 saturated heterocycles. The van der Waals surface area contributed by atoms with Gasteiger partial charge in [0.1, 0.15) is 0 Å². The van der Waals surface area contributed by atoms with Gasteiger partial charge in [0.05, 0.1) is 0 Å². The van der Waals surface area contributed by atoms with Crippen LogP contribution in [-0.4, -0.2) is 89.0 Å². The van der Waals surface area contributed by atoms with Gasteiger partial charge >= 0.3 is 79.4 Å². The van der Waals surface area contributed by atoms with Crippen LogP contribution in [0.2, 0.25) is 0 Å². The fourth-order valence-corrected chi connectivity index (χ4v) is 0. The fraction of sp³-hybridized carbons (Fsp3) is 0. The molecule has 0 aliphatic rings. The molecule has 0 amide bonds. The van der Waals surface area contributed by atoms with Crippen molar-refractivity contribution in [2.75, 3.05) is 0 Å². The van der Waals surface area contributed by atoms with E-state index in [9.17, 15) is 0 Å². The van der Waals surface area contributed by atoms with Gasteiger partial charge in [-0.15, -0.1) is 0 Å². The zero-order valence-corrected chi connectivity index (χ0v) is 4.36. The van der Waals surface area contributed by atoms with E-state index in [2.05, 4.69) is 0 Å². The molecule has 7 heavy (non-hydrogen) atoms. The van der Waals surface area contributed by atoms with Crippen LogP contribution in [0.1, 0.15) is 0 Å². The van der Waals surface area contributed by atoms with Crippen LogP contribution < -0.4 is 0 Å². The van der Waals surface area contributed by atoms with E-state index in [1.165, 1.54) is 0 Å². The van der Waals surface area contributed by atoms with Crippen molar-refractivity contribution < 1.29 is 31.1 Å². The van der Waals surface area contributed by atoms with Crippen molar-refractivity contribution in [1.29, 1.82) is 0 Å². The van der Waals surface area contributed by atoms with Crippen molar-refractivity contribution in [2.24, 2.45) is 0 Å². The van der Waals surface area contributed by atoms with Crippen LogP contribution in [0.3, 0.4) is 0 Å². The van der Waals surface area contributed by atoms with Gasteiger partial charge in [-0.2, -0.15) is 0 Å². The Labute approximate surface area is 108 Å². The van der Waals surface area contributed by atoms with Gasteiger partial charge in [-0.1, -0.05) is 0 Å². The molecule has 7 heteroatoms. The first-order chi connectivity index (χ1) is 1.73. The molecular weight excluding hydrogens is 177 g/mol. The molecule has 0 spiro atoms. The number of rotatable bonds is 0. The summed E-state index contributed by atoms with van der Waals surface area (Å²) < 4.78 is 8.74. The minimum absolute atomic E-state index is 0. The maximum Gasteiger partial charge on any atom is 0 e. The largest absolute Gasteiger partial charge is 0 e. The van der Waals surface area contributed by atoms with Gasteiger partial charge < -0.3 is 9.59 Å². The summed E-state index contributed by atoms with van der Waals surface area (Å²) in [5.41, 5.74) is 0. The third kappa shape index (κ3) is 60.5. The quantitative estimate of drug-likeness (QED) is 0.394. The summed E-state index contributed by atoms with van der Waals surface area (Å²) >= 11 is 0. The maximum absolute atomic E-state index is 8.74. The van der Waals surface area contributed by atoms with Gasteiger partial charge in [-0.3, -0.25) is 4.46 Å². The summed E-state index contributed by atoms with van der Waals surface area (Å²) in [6.45, 7) is 0. The molecule has 0 aromatic rings. The Morgan fingerprint density at radius 1 is 1.29 bits per heavy atom. The second kappa shape index (κ2) is 15.8. The average molecular weight is 181 g/mol. The summed E-state index contributed by atoms with van der Waals surface area (Å²) in [6, 6.07) is 0. The summed E-state index contributed by atoms with van der Waals surface area (Å²) in [5.74, 6) is 0. The van der Waals surface area contributed by atoms with Crippen LogP contribution in [0.5, 0.6) is 0 Å². The third-order valence-electron chi connectivity index (χ3n) is 0. The molecule has 2 N–H and O–H groups in total. The molecule has 0 aliphatic heterocycles. The van der Waals surface area contributed by atoms with Crippen LogP contribution >= 0.6 is 0 Å². The predicted octanol–water partition coefficient (Wildman–Crippen LogP) is -2.91. The number of hydrogen-bond acceptors (Lipinski definition) is 1. The molecule has 0 rings (SSSR count). The molecule has 3 nitrogen and oxygen atoms in total. The minimum Gasteiger partial charge on any atom is 0 e. The van der Waals surface area contributed by atoms with E-state index in [4.69, 9.17) is 14.1 Å².